The molecule has 0 saturated carbocycles. The molecule has 4 rings (SSSR count). The van der Waals surface area contributed by atoms with E-state index in [-0.39, 0.29) is 11.6 Å². The number of carbonyl (C=O) groups excluding carboxylic acids is 1. The van der Waals surface area contributed by atoms with Gasteiger partial charge < -0.3 is 14.5 Å². The van der Waals surface area contributed by atoms with Crippen molar-refractivity contribution in [2.45, 2.75) is 19.9 Å². The molecule has 156 valence electrons. The molecule has 0 bridgehead atoms. The van der Waals surface area contributed by atoms with Crippen LogP contribution in [-0.2, 0) is 7.05 Å². The number of amides is 1. The number of nitrogens with zero attached hydrogens (tertiary/aromatic N) is 6. The van der Waals surface area contributed by atoms with Crippen LogP contribution < -0.4 is 10.9 Å². The molecule has 0 atom stereocenters. The SMILES string of the molecule is CC(C)n1cnnc1-c1cccc(NC(=O)c2cc(-c3cccnc3)cn(C)c2=O)n1. The standard InChI is InChI=1S/C22H21N7O2/c1-14(2)29-13-24-27-20(29)18-7-4-8-19(25-18)26-21(30)17-10-16(12-28(3)22(17)31)15-6-5-9-23-11-15/h4-14H,1-3H3,(H,25,26,30). The van der Waals surface area contributed by atoms with Crippen LogP contribution in [0.25, 0.3) is 22.6 Å². The van der Waals surface area contributed by atoms with E-state index in [1.807, 2.05) is 24.5 Å². The lowest BCUT2D eigenvalue weighted by atomic mass is 10.1. The van der Waals surface area contributed by atoms with Gasteiger partial charge in [0.2, 0.25) is 0 Å². The Kier molecular flexibility index (Phi) is 5.40. The summed E-state index contributed by atoms with van der Waals surface area (Å²) >= 11 is 0. The van der Waals surface area contributed by atoms with Crippen LogP contribution >= 0.6 is 0 Å². The van der Waals surface area contributed by atoms with E-state index in [1.165, 1.54) is 4.57 Å². The molecule has 0 aromatic carbocycles. The van der Waals surface area contributed by atoms with Crippen LogP contribution in [0.15, 0.2) is 66.1 Å². The largest absolute Gasteiger partial charge is 0.317 e. The molecule has 31 heavy (non-hydrogen) atoms. The van der Waals surface area contributed by atoms with Crippen molar-refractivity contribution < 1.29 is 4.79 Å². The summed E-state index contributed by atoms with van der Waals surface area (Å²) in [5.74, 6) is 0.372. The number of rotatable bonds is 5. The summed E-state index contributed by atoms with van der Waals surface area (Å²) in [6.07, 6.45) is 6.66. The van der Waals surface area contributed by atoms with E-state index in [2.05, 4.69) is 25.5 Å². The summed E-state index contributed by atoms with van der Waals surface area (Å²) < 4.78 is 3.27. The maximum Gasteiger partial charge on any atom is 0.263 e. The van der Waals surface area contributed by atoms with Gasteiger partial charge in [0.05, 0.1) is 0 Å². The minimum Gasteiger partial charge on any atom is -0.317 e. The maximum atomic E-state index is 12.9. The maximum absolute atomic E-state index is 12.9. The minimum atomic E-state index is -0.540. The lowest BCUT2D eigenvalue weighted by molar-refractivity contribution is 0.102. The van der Waals surface area contributed by atoms with Gasteiger partial charge in [-0.15, -0.1) is 10.2 Å². The second kappa shape index (κ2) is 8.31. The van der Waals surface area contributed by atoms with Gasteiger partial charge in [-0.1, -0.05) is 12.1 Å². The summed E-state index contributed by atoms with van der Waals surface area (Å²) in [5, 5.41) is 10.8. The van der Waals surface area contributed by atoms with Crippen LogP contribution in [0.1, 0.15) is 30.2 Å². The zero-order valence-electron chi connectivity index (χ0n) is 17.4. The molecule has 0 aliphatic carbocycles. The van der Waals surface area contributed by atoms with Gasteiger partial charge in [-0.2, -0.15) is 0 Å². The van der Waals surface area contributed by atoms with Gasteiger partial charge >= 0.3 is 0 Å². The van der Waals surface area contributed by atoms with E-state index >= 15 is 0 Å². The number of hydrogen-bond donors (Lipinski definition) is 1. The monoisotopic (exact) mass is 415 g/mol. The van der Waals surface area contributed by atoms with E-state index in [0.717, 1.165) is 5.56 Å². The summed E-state index contributed by atoms with van der Waals surface area (Å²) in [7, 11) is 1.61. The topological polar surface area (TPSA) is 108 Å². The molecule has 0 saturated heterocycles. The first-order chi connectivity index (χ1) is 14.9. The Morgan fingerprint density at radius 2 is 1.97 bits per heavy atom. The van der Waals surface area contributed by atoms with Crippen molar-refractivity contribution in [2.24, 2.45) is 7.05 Å². The van der Waals surface area contributed by atoms with E-state index in [0.29, 0.717) is 22.9 Å². The van der Waals surface area contributed by atoms with Crippen molar-refractivity contribution in [1.82, 2.24) is 29.3 Å². The molecular weight excluding hydrogens is 394 g/mol. The van der Waals surface area contributed by atoms with E-state index in [1.54, 1.807) is 62.3 Å². The first-order valence-electron chi connectivity index (χ1n) is 9.73. The molecule has 0 aliphatic heterocycles. The predicted molar refractivity (Wildman–Crippen MR) is 117 cm³/mol. The Morgan fingerprint density at radius 1 is 1.13 bits per heavy atom. The molecule has 0 unspecified atom stereocenters. The Morgan fingerprint density at radius 3 is 2.71 bits per heavy atom. The van der Waals surface area contributed by atoms with Crippen LogP contribution in [0, 0.1) is 0 Å². The van der Waals surface area contributed by atoms with E-state index < -0.39 is 11.5 Å². The van der Waals surface area contributed by atoms with Crippen LogP contribution in [0.3, 0.4) is 0 Å². The molecule has 4 heterocycles. The number of carbonyl (C=O) groups is 1. The van der Waals surface area contributed by atoms with E-state index in [4.69, 9.17) is 0 Å². The third-order valence-electron chi connectivity index (χ3n) is 4.77. The number of aromatic nitrogens is 6. The Hall–Kier alpha value is -4.14. The second-order valence-electron chi connectivity index (χ2n) is 7.32. The first kappa shape index (κ1) is 20.1. The highest BCUT2D eigenvalue weighted by atomic mass is 16.2. The fourth-order valence-electron chi connectivity index (χ4n) is 3.18. The minimum absolute atomic E-state index is 0.0152. The molecule has 0 fully saturated rings. The van der Waals surface area contributed by atoms with Crippen LogP contribution in [0.4, 0.5) is 5.82 Å². The average molecular weight is 415 g/mol. The molecule has 9 heteroatoms. The summed E-state index contributed by atoms with van der Waals surface area (Å²) in [4.78, 5) is 34.1. The van der Waals surface area contributed by atoms with Gasteiger partial charge in [-0.25, -0.2) is 4.98 Å². The van der Waals surface area contributed by atoms with E-state index in [9.17, 15) is 9.59 Å². The van der Waals surface area contributed by atoms with Crippen molar-refractivity contribution in [1.29, 1.82) is 0 Å². The summed E-state index contributed by atoms with van der Waals surface area (Å²) in [5.41, 5.74) is 1.70. The molecule has 0 spiro atoms. The molecule has 1 amide bonds. The number of pyridine rings is 3. The zero-order chi connectivity index (χ0) is 22.0. The smallest absolute Gasteiger partial charge is 0.263 e. The predicted octanol–water partition coefficient (Wildman–Crippen LogP) is 2.93. The van der Waals surface area contributed by atoms with Gasteiger partial charge in [0.15, 0.2) is 5.82 Å². The zero-order valence-corrected chi connectivity index (χ0v) is 17.4. The molecule has 0 aliphatic rings. The Bertz CT molecular complexity index is 1290. The van der Waals surface area contributed by atoms with Gasteiger partial charge in [-0.3, -0.25) is 14.6 Å². The number of aryl methyl sites for hydroxylation is 1. The van der Waals surface area contributed by atoms with Gasteiger partial charge in [0.1, 0.15) is 23.4 Å². The molecule has 9 nitrogen and oxygen atoms in total. The Labute approximate surface area is 178 Å². The molecule has 4 aromatic heterocycles. The van der Waals surface area contributed by atoms with Crippen molar-refractivity contribution in [2.75, 3.05) is 5.32 Å². The van der Waals surface area contributed by atoms with Crippen molar-refractivity contribution in [3.05, 3.63) is 77.2 Å². The van der Waals surface area contributed by atoms with Crippen LogP contribution in [0.5, 0.6) is 0 Å². The molecular formula is C22H21N7O2. The molecule has 0 radical (unpaired) electrons. The third kappa shape index (κ3) is 4.11. The summed E-state index contributed by atoms with van der Waals surface area (Å²) in [6.45, 7) is 4.03. The van der Waals surface area contributed by atoms with Crippen molar-refractivity contribution in [3.8, 4) is 22.6 Å². The average Bonchev–Trinajstić information content (AvgIpc) is 3.27. The molecule has 4 aromatic rings. The van der Waals surface area contributed by atoms with Gasteiger partial charge in [0.25, 0.3) is 11.5 Å². The normalized spacial score (nSPS) is 11.0. The lowest BCUT2D eigenvalue weighted by Crippen LogP contribution is -2.27. The quantitative estimate of drug-likeness (QED) is 0.537. The van der Waals surface area contributed by atoms with Crippen molar-refractivity contribution in [3.63, 3.8) is 0 Å². The van der Waals surface area contributed by atoms with Gasteiger partial charge in [0, 0.05) is 42.8 Å². The highest BCUT2D eigenvalue weighted by Gasteiger charge is 2.16. The first-order valence-corrected chi connectivity index (χ1v) is 9.73. The fraction of sp³-hybridized carbons (Fsp3) is 0.182. The highest BCUT2D eigenvalue weighted by Crippen LogP contribution is 2.21. The lowest BCUT2D eigenvalue weighted by Gasteiger charge is -2.11. The van der Waals surface area contributed by atoms with Gasteiger partial charge in [-0.05, 0) is 38.1 Å². The number of anilines is 1. The second-order valence-corrected chi connectivity index (χ2v) is 7.32. The number of nitrogens with one attached hydrogen (secondary N) is 1. The van der Waals surface area contributed by atoms with Crippen molar-refractivity contribution >= 4 is 11.7 Å². The van der Waals surface area contributed by atoms with Crippen LogP contribution in [-0.4, -0.2) is 35.2 Å². The third-order valence-corrected chi connectivity index (χ3v) is 4.77. The fourth-order valence-corrected chi connectivity index (χ4v) is 3.18. The highest BCUT2D eigenvalue weighted by molar-refractivity contribution is 6.04. The Balaban J connectivity index is 1.66. The number of hydrogen-bond acceptors (Lipinski definition) is 6. The summed E-state index contributed by atoms with van der Waals surface area (Å²) in [6, 6.07) is 10.6. The van der Waals surface area contributed by atoms with Crippen LogP contribution in [0.2, 0.25) is 0 Å². The molecule has 1 N–H and O–H groups in total.